The summed E-state index contributed by atoms with van der Waals surface area (Å²) in [4.78, 5) is 0. The number of unbranched alkanes of at least 4 members (excludes halogenated alkanes) is 6. The Morgan fingerprint density at radius 2 is 1.00 bits per heavy atom. The first-order chi connectivity index (χ1) is 12.7. The first-order valence-electron chi connectivity index (χ1n) is 10.3. The van der Waals surface area contributed by atoms with E-state index in [1.54, 1.807) is 12.1 Å². The molecule has 0 aromatic heterocycles. The topological polar surface area (TPSA) is 40.5 Å². The van der Waals surface area contributed by atoms with E-state index in [9.17, 15) is 10.2 Å². The molecule has 0 spiro atoms. The molecule has 0 atom stereocenters. The van der Waals surface area contributed by atoms with Gasteiger partial charge in [-0.15, -0.1) is 0 Å². The van der Waals surface area contributed by atoms with E-state index in [2.05, 4.69) is 13.8 Å². The van der Waals surface area contributed by atoms with E-state index in [-0.39, 0.29) is 0 Å². The molecule has 0 unspecified atom stereocenters. The second-order valence-electron chi connectivity index (χ2n) is 7.30. The van der Waals surface area contributed by atoms with Crippen molar-refractivity contribution in [2.24, 2.45) is 0 Å². The summed E-state index contributed by atoms with van der Waals surface area (Å²) in [5.74, 6) is 0.671. The molecule has 0 saturated heterocycles. The van der Waals surface area contributed by atoms with Gasteiger partial charge in [-0.25, -0.2) is 0 Å². The van der Waals surface area contributed by atoms with Crippen LogP contribution in [0.2, 0.25) is 0 Å². The molecule has 2 N–H and O–H groups in total. The number of aryl methyl sites for hydroxylation is 2. The third kappa shape index (κ3) is 6.09. The van der Waals surface area contributed by atoms with Crippen LogP contribution in [-0.4, -0.2) is 10.2 Å². The molecule has 0 amide bonds. The minimum atomic E-state index is 0.336. The highest BCUT2D eigenvalue weighted by Gasteiger charge is 2.11. The lowest BCUT2D eigenvalue weighted by Crippen LogP contribution is -1.96. The summed E-state index contributed by atoms with van der Waals surface area (Å²) in [6.07, 6.45) is 11.7. The summed E-state index contributed by atoms with van der Waals surface area (Å²) < 4.78 is 0. The molecule has 0 saturated carbocycles. The largest absolute Gasteiger partial charge is 0.508 e. The molecule has 0 fully saturated rings. The minimum absolute atomic E-state index is 0.336. The molecule has 0 aliphatic carbocycles. The molecule has 2 aromatic rings. The lowest BCUT2D eigenvalue weighted by Gasteiger charge is -2.15. The van der Waals surface area contributed by atoms with Crippen LogP contribution in [0.5, 0.6) is 11.5 Å². The van der Waals surface area contributed by atoms with Crippen LogP contribution in [0.25, 0.3) is 11.1 Å². The monoisotopic (exact) mass is 354 g/mol. The lowest BCUT2D eigenvalue weighted by molar-refractivity contribution is 0.473. The van der Waals surface area contributed by atoms with Gasteiger partial charge in [0.25, 0.3) is 0 Å². The van der Waals surface area contributed by atoms with Gasteiger partial charge in [0, 0.05) is 0 Å². The number of hydrogen-bond donors (Lipinski definition) is 2. The summed E-state index contributed by atoms with van der Waals surface area (Å²) in [7, 11) is 0. The molecule has 2 aromatic carbocycles. The van der Waals surface area contributed by atoms with Crippen LogP contribution in [-0.2, 0) is 12.8 Å². The van der Waals surface area contributed by atoms with Gasteiger partial charge in [0.05, 0.1) is 0 Å². The Balaban J connectivity index is 2.25. The summed E-state index contributed by atoms with van der Waals surface area (Å²) in [5, 5.41) is 19.9. The van der Waals surface area contributed by atoms with Crippen LogP contribution in [0.15, 0.2) is 36.4 Å². The first kappa shape index (κ1) is 20.4. The molecule has 142 valence electrons. The average Bonchev–Trinajstić information content (AvgIpc) is 2.63. The van der Waals surface area contributed by atoms with Crippen LogP contribution < -0.4 is 0 Å². The zero-order valence-electron chi connectivity index (χ0n) is 16.4. The van der Waals surface area contributed by atoms with Crippen LogP contribution in [0.1, 0.15) is 76.3 Å². The Hall–Kier alpha value is -1.96. The summed E-state index contributed by atoms with van der Waals surface area (Å²) >= 11 is 0. The molecule has 2 nitrogen and oxygen atoms in total. The first-order valence-corrected chi connectivity index (χ1v) is 10.3. The van der Waals surface area contributed by atoms with Crippen molar-refractivity contribution in [2.45, 2.75) is 78.1 Å². The van der Waals surface area contributed by atoms with Crippen molar-refractivity contribution in [3.63, 3.8) is 0 Å². The van der Waals surface area contributed by atoms with Gasteiger partial charge in [0.15, 0.2) is 0 Å². The summed E-state index contributed by atoms with van der Waals surface area (Å²) in [5.41, 5.74) is 4.82. The highest BCUT2D eigenvalue weighted by Crippen LogP contribution is 2.33. The SMILES string of the molecule is CCCCCCc1cc(O)ccc1-c1ccc(O)cc1CCCCCC. The highest BCUT2D eigenvalue weighted by atomic mass is 16.3. The molecule has 0 radical (unpaired) electrons. The number of phenolic OH excluding ortho intramolecular Hbond substituents is 2. The van der Waals surface area contributed by atoms with Crippen molar-refractivity contribution in [1.29, 1.82) is 0 Å². The van der Waals surface area contributed by atoms with Crippen molar-refractivity contribution in [3.05, 3.63) is 47.5 Å². The van der Waals surface area contributed by atoms with Gasteiger partial charge in [0.1, 0.15) is 11.5 Å². The van der Waals surface area contributed by atoms with E-state index < -0.39 is 0 Å². The van der Waals surface area contributed by atoms with Gasteiger partial charge in [-0.05, 0) is 72.2 Å². The molecule has 0 aliphatic rings. The quantitative estimate of drug-likeness (QED) is 0.426. The molecule has 2 heteroatoms. The van der Waals surface area contributed by atoms with Crippen molar-refractivity contribution < 1.29 is 10.2 Å². The number of phenols is 2. The van der Waals surface area contributed by atoms with Crippen molar-refractivity contribution in [2.75, 3.05) is 0 Å². The zero-order chi connectivity index (χ0) is 18.8. The maximum absolute atomic E-state index is 9.96. The fraction of sp³-hybridized carbons (Fsp3) is 0.500. The third-order valence-electron chi connectivity index (χ3n) is 5.07. The predicted octanol–water partition coefficient (Wildman–Crippen LogP) is 7.01. The molecule has 26 heavy (non-hydrogen) atoms. The second kappa shape index (κ2) is 10.9. The van der Waals surface area contributed by atoms with E-state index in [0.717, 1.165) is 25.7 Å². The molecule has 0 heterocycles. The minimum Gasteiger partial charge on any atom is -0.508 e. The maximum Gasteiger partial charge on any atom is 0.115 e. The number of benzene rings is 2. The number of hydrogen-bond acceptors (Lipinski definition) is 2. The molecular formula is C24H34O2. The van der Waals surface area contributed by atoms with Gasteiger partial charge >= 0.3 is 0 Å². The molecule has 0 aliphatic heterocycles. The summed E-state index contributed by atoms with van der Waals surface area (Å²) in [6.45, 7) is 4.45. The molecule has 2 rings (SSSR count). The van der Waals surface area contributed by atoms with E-state index in [1.807, 2.05) is 24.3 Å². The van der Waals surface area contributed by atoms with Gasteiger partial charge in [0.2, 0.25) is 0 Å². The zero-order valence-corrected chi connectivity index (χ0v) is 16.4. The molecule has 0 bridgehead atoms. The van der Waals surface area contributed by atoms with Gasteiger partial charge in [-0.1, -0.05) is 64.5 Å². The third-order valence-corrected chi connectivity index (χ3v) is 5.07. The Morgan fingerprint density at radius 1 is 0.577 bits per heavy atom. The van der Waals surface area contributed by atoms with Crippen molar-refractivity contribution in [3.8, 4) is 22.6 Å². The van der Waals surface area contributed by atoms with Crippen LogP contribution in [0, 0.1) is 0 Å². The number of aromatic hydroxyl groups is 2. The van der Waals surface area contributed by atoms with E-state index >= 15 is 0 Å². The van der Waals surface area contributed by atoms with Crippen molar-refractivity contribution in [1.82, 2.24) is 0 Å². The van der Waals surface area contributed by atoms with E-state index in [1.165, 1.54) is 60.8 Å². The second-order valence-corrected chi connectivity index (χ2v) is 7.30. The standard InChI is InChI=1S/C24H34O2/c1-3-5-7-9-11-19-17-21(25)13-15-23(19)24-16-14-22(26)18-20(24)12-10-8-6-4-2/h13-18,25-26H,3-12H2,1-2H3. The number of rotatable bonds is 11. The maximum atomic E-state index is 9.96. The Kier molecular flexibility index (Phi) is 8.53. The predicted molar refractivity (Wildman–Crippen MR) is 111 cm³/mol. The Morgan fingerprint density at radius 3 is 1.38 bits per heavy atom. The van der Waals surface area contributed by atoms with Gasteiger partial charge in [-0.3, -0.25) is 0 Å². The normalized spacial score (nSPS) is 11.0. The van der Waals surface area contributed by atoms with E-state index in [4.69, 9.17) is 0 Å². The van der Waals surface area contributed by atoms with Crippen molar-refractivity contribution >= 4 is 0 Å². The van der Waals surface area contributed by atoms with Crippen LogP contribution >= 0.6 is 0 Å². The Bertz CT molecular complexity index is 616. The van der Waals surface area contributed by atoms with E-state index in [0.29, 0.717) is 11.5 Å². The van der Waals surface area contributed by atoms with Gasteiger partial charge < -0.3 is 10.2 Å². The average molecular weight is 355 g/mol. The fourth-order valence-electron chi connectivity index (χ4n) is 3.58. The van der Waals surface area contributed by atoms with Crippen LogP contribution in [0.3, 0.4) is 0 Å². The lowest BCUT2D eigenvalue weighted by atomic mass is 9.90. The molecular weight excluding hydrogens is 320 g/mol. The fourth-order valence-corrected chi connectivity index (χ4v) is 3.58. The smallest absolute Gasteiger partial charge is 0.115 e. The van der Waals surface area contributed by atoms with Gasteiger partial charge in [-0.2, -0.15) is 0 Å². The Labute approximate surface area is 158 Å². The van der Waals surface area contributed by atoms with Crippen LogP contribution in [0.4, 0.5) is 0 Å². The highest BCUT2D eigenvalue weighted by molar-refractivity contribution is 5.72. The summed E-state index contributed by atoms with van der Waals surface area (Å²) in [6, 6.07) is 11.4.